The van der Waals surface area contributed by atoms with E-state index in [2.05, 4.69) is 15.3 Å². The minimum atomic E-state index is -0.0767. The zero-order chi connectivity index (χ0) is 11.4. The van der Waals surface area contributed by atoms with Gasteiger partial charge in [-0.1, -0.05) is 12.1 Å². The molecule has 1 aromatic heterocycles. The fraction of sp³-hybridized carbons (Fsp3) is 0.167. The van der Waals surface area contributed by atoms with Crippen LogP contribution in [0.15, 0.2) is 36.7 Å². The molecule has 2 N–H and O–H groups in total. The van der Waals surface area contributed by atoms with Crippen LogP contribution in [0.2, 0.25) is 0 Å². The van der Waals surface area contributed by atoms with E-state index in [0.717, 1.165) is 16.6 Å². The molecule has 1 heterocycles. The highest BCUT2D eigenvalue weighted by molar-refractivity contribution is 5.87. The number of imidazole rings is 1. The van der Waals surface area contributed by atoms with Crippen LogP contribution < -0.4 is 5.32 Å². The molecule has 0 saturated heterocycles. The smallest absolute Gasteiger partial charge is 0.243 e. The summed E-state index contributed by atoms with van der Waals surface area (Å²) in [6, 6.07) is 5.88. The summed E-state index contributed by atoms with van der Waals surface area (Å²) in [5.74, 6) is -0.0767. The zero-order valence-electron chi connectivity index (χ0n) is 9.03. The molecule has 0 aliphatic heterocycles. The number of nitrogens with one attached hydrogen (secondary N) is 2. The Morgan fingerprint density at radius 2 is 2.44 bits per heavy atom. The van der Waals surface area contributed by atoms with E-state index in [1.165, 1.54) is 6.08 Å². The molecule has 0 fully saturated rings. The quantitative estimate of drug-likeness (QED) is 0.766. The van der Waals surface area contributed by atoms with Gasteiger partial charge in [-0.2, -0.15) is 0 Å². The standard InChI is InChI=1S/C12H13N3O/c1-2-3-12(16)13-7-9-4-5-10-11(6-9)15-8-14-10/h2-6,8H,7H2,1H3,(H,13,16)(H,14,15)/b3-2+. The number of aromatic nitrogens is 2. The molecular weight excluding hydrogens is 202 g/mol. The second kappa shape index (κ2) is 4.61. The number of hydrogen-bond donors (Lipinski definition) is 2. The molecule has 4 nitrogen and oxygen atoms in total. The van der Waals surface area contributed by atoms with Gasteiger partial charge in [-0.25, -0.2) is 4.98 Å². The fourth-order valence-corrected chi connectivity index (χ4v) is 1.49. The van der Waals surface area contributed by atoms with Gasteiger partial charge in [-0.05, 0) is 30.7 Å². The van der Waals surface area contributed by atoms with Gasteiger partial charge in [0.1, 0.15) is 0 Å². The zero-order valence-corrected chi connectivity index (χ0v) is 9.03. The summed E-state index contributed by atoms with van der Waals surface area (Å²) in [5.41, 5.74) is 2.97. The third-order valence-corrected chi connectivity index (χ3v) is 2.27. The Labute approximate surface area is 93.4 Å². The molecule has 0 bridgehead atoms. The molecule has 0 radical (unpaired) electrons. The largest absolute Gasteiger partial charge is 0.348 e. The van der Waals surface area contributed by atoms with E-state index < -0.39 is 0 Å². The predicted molar refractivity (Wildman–Crippen MR) is 62.8 cm³/mol. The molecule has 4 heteroatoms. The number of amides is 1. The predicted octanol–water partition coefficient (Wildman–Crippen LogP) is 1.76. The van der Waals surface area contributed by atoms with E-state index in [9.17, 15) is 4.79 Å². The number of rotatable bonds is 3. The molecule has 0 aliphatic rings. The lowest BCUT2D eigenvalue weighted by molar-refractivity contribution is -0.116. The van der Waals surface area contributed by atoms with Crippen molar-refractivity contribution in [2.75, 3.05) is 0 Å². The molecule has 2 rings (SSSR count). The maximum atomic E-state index is 11.2. The minimum absolute atomic E-state index is 0.0767. The third kappa shape index (κ3) is 2.28. The SMILES string of the molecule is C/C=C/C(=O)NCc1ccc2nc[nH]c2c1. The average molecular weight is 215 g/mol. The van der Waals surface area contributed by atoms with Crippen molar-refractivity contribution in [3.05, 3.63) is 42.2 Å². The van der Waals surface area contributed by atoms with Gasteiger partial charge >= 0.3 is 0 Å². The summed E-state index contributed by atoms with van der Waals surface area (Å²) in [4.78, 5) is 18.4. The van der Waals surface area contributed by atoms with Gasteiger partial charge in [0.2, 0.25) is 5.91 Å². The summed E-state index contributed by atoms with van der Waals surface area (Å²) in [7, 11) is 0. The van der Waals surface area contributed by atoms with Crippen molar-refractivity contribution in [3.8, 4) is 0 Å². The number of benzene rings is 1. The molecule has 0 unspecified atom stereocenters. The molecule has 2 aromatic rings. The highest BCUT2D eigenvalue weighted by Gasteiger charge is 1.99. The van der Waals surface area contributed by atoms with E-state index in [1.807, 2.05) is 25.1 Å². The molecule has 16 heavy (non-hydrogen) atoms. The van der Waals surface area contributed by atoms with Gasteiger partial charge in [0.25, 0.3) is 0 Å². The second-order valence-corrected chi connectivity index (χ2v) is 3.47. The molecule has 1 aromatic carbocycles. The Balaban J connectivity index is 2.06. The summed E-state index contributed by atoms with van der Waals surface area (Å²) >= 11 is 0. The van der Waals surface area contributed by atoms with Crippen LogP contribution in [-0.2, 0) is 11.3 Å². The first-order chi connectivity index (χ1) is 7.79. The first-order valence-electron chi connectivity index (χ1n) is 5.12. The summed E-state index contributed by atoms with van der Waals surface area (Å²) < 4.78 is 0. The van der Waals surface area contributed by atoms with Crippen molar-refractivity contribution in [2.24, 2.45) is 0 Å². The van der Waals surface area contributed by atoms with Crippen LogP contribution in [0.3, 0.4) is 0 Å². The first-order valence-corrected chi connectivity index (χ1v) is 5.12. The molecule has 82 valence electrons. The number of aromatic amines is 1. The minimum Gasteiger partial charge on any atom is -0.348 e. The van der Waals surface area contributed by atoms with Gasteiger partial charge in [0.15, 0.2) is 0 Å². The molecular formula is C12H13N3O. The molecule has 0 aliphatic carbocycles. The van der Waals surface area contributed by atoms with Gasteiger partial charge in [-0.3, -0.25) is 4.79 Å². The Morgan fingerprint density at radius 1 is 1.56 bits per heavy atom. The van der Waals surface area contributed by atoms with Crippen LogP contribution in [0.25, 0.3) is 11.0 Å². The fourth-order valence-electron chi connectivity index (χ4n) is 1.49. The maximum Gasteiger partial charge on any atom is 0.243 e. The van der Waals surface area contributed by atoms with E-state index in [0.29, 0.717) is 6.54 Å². The van der Waals surface area contributed by atoms with Crippen molar-refractivity contribution in [3.63, 3.8) is 0 Å². The van der Waals surface area contributed by atoms with Crippen molar-refractivity contribution in [2.45, 2.75) is 13.5 Å². The number of hydrogen-bond acceptors (Lipinski definition) is 2. The monoisotopic (exact) mass is 215 g/mol. The van der Waals surface area contributed by atoms with Gasteiger partial charge < -0.3 is 10.3 Å². The Kier molecular flexibility index (Phi) is 3.00. The van der Waals surface area contributed by atoms with Crippen LogP contribution in [-0.4, -0.2) is 15.9 Å². The van der Waals surface area contributed by atoms with Crippen molar-refractivity contribution in [1.82, 2.24) is 15.3 Å². The van der Waals surface area contributed by atoms with Gasteiger partial charge in [0.05, 0.1) is 17.4 Å². The van der Waals surface area contributed by atoms with Crippen LogP contribution in [0.1, 0.15) is 12.5 Å². The summed E-state index contributed by atoms with van der Waals surface area (Å²) in [5, 5.41) is 2.80. The molecule has 0 saturated carbocycles. The second-order valence-electron chi connectivity index (χ2n) is 3.47. The van der Waals surface area contributed by atoms with Crippen LogP contribution in [0.5, 0.6) is 0 Å². The number of fused-ring (bicyclic) bond motifs is 1. The van der Waals surface area contributed by atoms with E-state index in [4.69, 9.17) is 0 Å². The highest BCUT2D eigenvalue weighted by Crippen LogP contribution is 2.11. The lowest BCUT2D eigenvalue weighted by Gasteiger charge is -2.02. The number of carbonyl (C=O) groups is 1. The first kappa shape index (κ1) is 10.4. The van der Waals surface area contributed by atoms with Crippen LogP contribution in [0, 0.1) is 0 Å². The number of carbonyl (C=O) groups excluding carboxylic acids is 1. The lowest BCUT2D eigenvalue weighted by atomic mass is 10.2. The number of allylic oxidation sites excluding steroid dienone is 1. The molecule has 1 amide bonds. The van der Waals surface area contributed by atoms with Crippen molar-refractivity contribution < 1.29 is 4.79 Å². The number of H-pyrrole nitrogens is 1. The van der Waals surface area contributed by atoms with Gasteiger partial charge in [-0.15, -0.1) is 0 Å². The topological polar surface area (TPSA) is 57.8 Å². The summed E-state index contributed by atoms with van der Waals surface area (Å²) in [6.07, 6.45) is 4.88. The maximum absolute atomic E-state index is 11.2. The lowest BCUT2D eigenvalue weighted by Crippen LogP contribution is -2.20. The van der Waals surface area contributed by atoms with Gasteiger partial charge in [0, 0.05) is 6.54 Å². The highest BCUT2D eigenvalue weighted by atomic mass is 16.1. The summed E-state index contributed by atoms with van der Waals surface area (Å²) in [6.45, 7) is 2.34. The average Bonchev–Trinajstić information content (AvgIpc) is 2.74. The van der Waals surface area contributed by atoms with Crippen LogP contribution >= 0.6 is 0 Å². The van der Waals surface area contributed by atoms with E-state index in [-0.39, 0.29) is 5.91 Å². The van der Waals surface area contributed by atoms with E-state index >= 15 is 0 Å². The normalized spacial score (nSPS) is 11.1. The number of nitrogens with zero attached hydrogens (tertiary/aromatic N) is 1. The van der Waals surface area contributed by atoms with Crippen molar-refractivity contribution in [1.29, 1.82) is 0 Å². The Morgan fingerprint density at radius 3 is 3.25 bits per heavy atom. The molecule has 0 spiro atoms. The molecule has 0 atom stereocenters. The Bertz CT molecular complexity index is 528. The van der Waals surface area contributed by atoms with Crippen molar-refractivity contribution >= 4 is 16.9 Å². The third-order valence-electron chi connectivity index (χ3n) is 2.27. The Hall–Kier alpha value is -2.10. The van der Waals surface area contributed by atoms with E-state index in [1.54, 1.807) is 12.4 Å². The van der Waals surface area contributed by atoms with Crippen LogP contribution in [0.4, 0.5) is 0 Å².